The van der Waals surface area contributed by atoms with Gasteiger partial charge in [0.1, 0.15) is 22.3 Å². The van der Waals surface area contributed by atoms with Crippen LogP contribution in [0.15, 0.2) is 106 Å². The van der Waals surface area contributed by atoms with Crippen LogP contribution in [0, 0.1) is 21.4 Å². The highest BCUT2D eigenvalue weighted by Crippen LogP contribution is 2.24. The summed E-state index contributed by atoms with van der Waals surface area (Å²) >= 11 is 0.997. The molecule has 39 heavy (non-hydrogen) atoms. The van der Waals surface area contributed by atoms with Gasteiger partial charge in [0.2, 0.25) is 0 Å². The predicted octanol–water partition coefficient (Wildman–Crippen LogP) is 4.21. The minimum Gasteiger partial charge on any atom is -0.457 e. The Balaban J connectivity index is 1.62. The highest BCUT2D eigenvalue weighted by Gasteiger charge is 2.17. The van der Waals surface area contributed by atoms with Crippen molar-refractivity contribution in [2.24, 2.45) is 0 Å². The second-order valence-corrected chi connectivity index (χ2v) is 9.24. The zero-order valence-corrected chi connectivity index (χ0v) is 20.9. The van der Waals surface area contributed by atoms with Crippen LogP contribution >= 0.6 is 11.3 Å². The number of nitrogens with zero attached hydrogens (tertiary/aromatic N) is 3. The number of carbonyl (C=O) groups excluding carboxylic acids is 1. The molecular formula is C29H18N4O5S. The van der Waals surface area contributed by atoms with E-state index in [0.717, 1.165) is 11.3 Å². The maximum Gasteiger partial charge on any atom is 0.273 e. The van der Waals surface area contributed by atoms with Crippen LogP contribution in [0.1, 0.15) is 5.76 Å². The molecule has 0 aliphatic carbocycles. The van der Waals surface area contributed by atoms with E-state index in [-0.39, 0.29) is 20.5 Å². The van der Waals surface area contributed by atoms with E-state index in [1.807, 2.05) is 6.07 Å². The van der Waals surface area contributed by atoms with Crippen molar-refractivity contribution in [3.05, 3.63) is 132 Å². The van der Waals surface area contributed by atoms with Crippen LogP contribution in [0.3, 0.4) is 0 Å². The van der Waals surface area contributed by atoms with Crippen molar-refractivity contribution in [1.82, 2.24) is 4.57 Å². The van der Waals surface area contributed by atoms with E-state index in [9.17, 15) is 25.0 Å². The second kappa shape index (κ2) is 10.8. The number of hydrogen-bond acceptors (Lipinski definition) is 7. The summed E-state index contributed by atoms with van der Waals surface area (Å²) in [7, 11) is 0. The van der Waals surface area contributed by atoms with E-state index in [0.29, 0.717) is 28.5 Å². The lowest BCUT2D eigenvalue weighted by Gasteiger charge is -2.05. The molecule has 0 unspecified atom stereocenters. The van der Waals surface area contributed by atoms with Gasteiger partial charge >= 0.3 is 0 Å². The van der Waals surface area contributed by atoms with Gasteiger partial charge in [0.15, 0.2) is 5.57 Å². The molecule has 2 heterocycles. The molecule has 190 valence electrons. The number of carbonyl (C=O) groups is 1. The van der Waals surface area contributed by atoms with Crippen LogP contribution < -0.4 is 20.1 Å². The lowest BCUT2D eigenvalue weighted by atomic mass is 10.1. The number of hydrogen-bond donors (Lipinski definition) is 1. The Morgan fingerprint density at radius 3 is 2.28 bits per heavy atom. The van der Waals surface area contributed by atoms with Gasteiger partial charge in [-0.1, -0.05) is 36.4 Å². The molecule has 0 fully saturated rings. The fourth-order valence-corrected chi connectivity index (χ4v) is 4.92. The molecule has 0 radical (unpaired) electrons. The molecule has 5 rings (SSSR count). The summed E-state index contributed by atoms with van der Waals surface area (Å²) in [6.45, 7) is 0. The summed E-state index contributed by atoms with van der Waals surface area (Å²) < 4.78 is 7.64. The molecule has 10 heteroatoms. The zero-order chi connectivity index (χ0) is 27.4. The third-order valence-corrected chi connectivity index (χ3v) is 6.78. The summed E-state index contributed by atoms with van der Waals surface area (Å²) in [6, 6.07) is 28.7. The van der Waals surface area contributed by atoms with Crippen molar-refractivity contribution in [2.45, 2.75) is 0 Å². The summed E-state index contributed by atoms with van der Waals surface area (Å²) in [4.78, 5) is 37.1. The number of thiazole rings is 1. The Labute approximate surface area is 225 Å². The van der Waals surface area contributed by atoms with Gasteiger partial charge in [-0.15, -0.1) is 11.3 Å². The first-order valence-electron chi connectivity index (χ1n) is 11.6. The zero-order valence-electron chi connectivity index (χ0n) is 20.1. The maximum atomic E-state index is 13.6. The molecule has 0 saturated heterocycles. The molecule has 5 aromatic rings. The molecule has 9 nitrogen and oxygen atoms in total. The Morgan fingerprint density at radius 2 is 1.64 bits per heavy atom. The number of para-hydroxylation sites is 2. The van der Waals surface area contributed by atoms with Gasteiger partial charge in [0.25, 0.3) is 17.2 Å². The number of benzene rings is 3. The minimum absolute atomic E-state index is 0.0366. The Hall–Kier alpha value is -5.53. The van der Waals surface area contributed by atoms with Crippen LogP contribution in [0.25, 0.3) is 28.7 Å². The number of non-ortho nitro benzene ring substituents is 1. The Morgan fingerprint density at radius 1 is 0.974 bits per heavy atom. The summed E-state index contributed by atoms with van der Waals surface area (Å²) in [5.74, 6) is 0.183. The second-order valence-electron chi connectivity index (χ2n) is 8.20. The molecule has 1 amide bonds. The van der Waals surface area contributed by atoms with Crippen LogP contribution in [-0.4, -0.2) is 15.4 Å². The van der Waals surface area contributed by atoms with Crippen molar-refractivity contribution < 1.29 is 14.1 Å². The van der Waals surface area contributed by atoms with Crippen molar-refractivity contribution in [3.8, 4) is 23.1 Å². The minimum atomic E-state index is -0.639. The third kappa shape index (κ3) is 5.29. The predicted molar refractivity (Wildman–Crippen MR) is 148 cm³/mol. The largest absolute Gasteiger partial charge is 0.457 e. The van der Waals surface area contributed by atoms with Crippen molar-refractivity contribution in [3.63, 3.8) is 0 Å². The average molecular weight is 535 g/mol. The van der Waals surface area contributed by atoms with Gasteiger partial charge in [0.05, 0.1) is 15.1 Å². The lowest BCUT2D eigenvalue weighted by molar-refractivity contribution is -0.384. The van der Waals surface area contributed by atoms with Crippen molar-refractivity contribution >= 4 is 40.3 Å². The van der Waals surface area contributed by atoms with E-state index >= 15 is 0 Å². The lowest BCUT2D eigenvalue weighted by Crippen LogP contribution is -2.32. The highest BCUT2D eigenvalue weighted by molar-refractivity contribution is 7.07. The molecule has 0 spiro atoms. The number of nitriles is 1. The number of anilines is 1. The van der Waals surface area contributed by atoms with Crippen molar-refractivity contribution in [1.29, 1.82) is 5.26 Å². The van der Waals surface area contributed by atoms with Gasteiger partial charge in [-0.2, -0.15) is 5.26 Å². The highest BCUT2D eigenvalue weighted by atomic mass is 32.1. The Bertz CT molecular complexity index is 1900. The SMILES string of the molecule is N#C/C(C(=O)Nc1ccccc1)=c1\s/c(=C/c2ccc(-c3ccc([N+](=O)[O-])cc3)o2)c(=O)n1-c1ccccc1. The fourth-order valence-electron chi connectivity index (χ4n) is 3.83. The van der Waals surface area contributed by atoms with E-state index in [4.69, 9.17) is 4.42 Å². The van der Waals surface area contributed by atoms with E-state index in [2.05, 4.69) is 5.32 Å². The average Bonchev–Trinajstić information content (AvgIpc) is 3.55. The number of rotatable bonds is 6. The molecule has 1 N–H and O–H groups in total. The fraction of sp³-hybridized carbons (Fsp3) is 0. The third-order valence-electron chi connectivity index (χ3n) is 5.69. The van der Waals surface area contributed by atoms with E-state index in [1.165, 1.54) is 22.8 Å². The summed E-state index contributed by atoms with van der Waals surface area (Å²) in [6.07, 6.45) is 1.54. The number of amides is 1. The maximum absolute atomic E-state index is 13.6. The standard InChI is InChI=1S/C29H18N4O5S/c30-18-24(27(34)31-20-7-3-1-4-8-20)29-32(21-9-5-2-6-10-21)28(35)26(39-29)17-23-15-16-25(38-23)19-11-13-22(14-12-19)33(36)37/h1-17H,(H,31,34)/b26-17+,29-24+. The summed E-state index contributed by atoms with van der Waals surface area (Å²) in [5.41, 5.74) is 0.975. The molecule has 2 aromatic heterocycles. The van der Waals surface area contributed by atoms with Gasteiger partial charge in [0, 0.05) is 29.5 Å². The monoisotopic (exact) mass is 534 g/mol. The normalized spacial score (nSPS) is 12.0. The summed E-state index contributed by atoms with van der Waals surface area (Å²) in [5, 5.41) is 23.6. The topological polar surface area (TPSA) is 131 Å². The van der Waals surface area contributed by atoms with Crippen LogP contribution in [0.2, 0.25) is 0 Å². The van der Waals surface area contributed by atoms with Gasteiger partial charge in [-0.05, 0) is 48.5 Å². The number of furan rings is 1. The van der Waals surface area contributed by atoms with Crippen LogP contribution in [0.5, 0.6) is 0 Å². The first-order chi connectivity index (χ1) is 18.9. The number of nitro groups is 1. The molecule has 0 bridgehead atoms. The molecule has 0 aliphatic rings. The molecule has 3 aromatic carbocycles. The number of nitrogens with one attached hydrogen (secondary N) is 1. The van der Waals surface area contributed by atoms with Crippen LogP contribution in [0.4, 0.5) is 11.4 Å². The van der Waals surface area contributed by atoms with Gasteiger partial charge < -0.3 is 9.73 Å². The Kier molecular flexibility index (Phi) is 6.98. The number of nitro benzene ring substituents is 1. The van der Waals surface area contributed by atoms with Gasteiger partial charge in [-0.25, -0.2) is 0 Å². The molecule has 0 atom stereocenters. The van der Waals surface area contributed by atoms with E-state index < -0.39 is 16.4 Å². The quantitative estimate of drug-likeness (QED) is 0.257. The first-order valence-corrected chi connectivity index (χ1v) is 12.4. The smallest absolute Gasteiger partial charge is 0.273 e. The first kappa shape index (κ1) is 25.1. The van der Waals surface area contributed by atoms with Crippen LogP contribution in [-0.2, 0) is 4.79 Å². The van der Waals surface area contributed by atoms with E-state index in [1.54, 1.807) is 84.9 Å². The molecule has 0 aliphatic heterocycles. The van der Waals surface area contributed by atoms with Crippen molar-refractivity contribution in [2.75, 3.05) is 5.32 Å². The number of aromatic nitrogens is 1. The van der Waals surface area contributed by atoms with Gasteiger partial charge in [-0.3, -0.25) is 24.3 Å². The molecular weight excluding hydrogens is 516 g/mol. The molecule has 0 saturated carbocycles.